The summed E-state index contributed by atoms with van der Waals surface area (Å²) in [6.45, 7) is 16.6. The van der Waals surface area contributed by atoms with E-state index in [-0.39, 0.29) is 34.7 Å². The predicted octanol–water partition coefficient (Wildman–Crippen LogP) is 4.84. The summed E-state index contributed by atoms with van der Waals surface area (Å²) >= 11 is 0. The molecule has 2 aliphatic heterocycles. The molecule has 14 nitrogen and oxygen atoms in total. The third-order valence-electron chi connectivity index (χ3n) is 8.72. The molecule has 0 saturated carbocycles. The van der Waals surface area contributed by atoms with Crippen molar-refractivity contribution in [2.45, 2.75) is 144 Å². The van der Waals surface area contributed by atoms with Crippen molar-refractivity contribution in [1.82, 2.24) is 35.1 Å². The Balaban J connectivity index is 1.59. The molecule has 0 saturated heterocycles. The number of hydrogen-bond donors (Lipinski definition) is 3. The molecule has 0 aromatic carbocycles. The number of aliphatic imine (C=N–C) groups is 1. The number of rotatable bonds is 18. The highest BCUT2D eigenvalue weighted by Gasteiger charge is 2.45. The van der Waals surface area contributed by atoms with Crippen LogP contribution in [0.4, 0.5) is 5.95 Å². The number of nitrogens with one attached hydrogen (secondary N) is 3. The van der Waals surface area contributed by atoms with Gasteiger partial charge in [-0.2, -0.15) is 20.3 Å². The first-order valence-corrected chi connectivity index (χ1v) is 21.3. The normalized spacial score (nSPS) is 18.9. The van der Waals surface area contributed by atoms with E-state index in [0.717, 1.165) is 75.6 Å². The Morgan fingerprint density at radius 3 is 1.86 bits per heavy atom. The molecule has 0 fully saturated rings. The van der Waals surface area contributed by atoms with Gasteiger partial charge in [0.05, 0.1) is 28.8 Å². The highest BCUT2D eigenvalue weighted by atomic mass is 32.2. The number of fused-ring (bicyclic) bond motifs is 2. The van der Waals surface area contributed by atoms with Crippen LogP contribution in [0.15, 0.2) is 10.1 Å². The van der Waals surface area contributed by atoms with Crippen LogP contribution in [0.2, 0.25) is 0 Å². The zero-order valence-corrected chi connectivity index (χ0v) is 32.3. The van der Waals surface area contributed by atoms with E-state index in [2.05, 4.69) is 59.6 Å². The molecule has 2 aromatic heterocycles. The summed E-state index contributed by atoms with van der Waals surface area (Å²) in [5, 5.41) is 16.3. The van der Waals surface area contributed by atoms with Crippen molar-refractivity contribution in [3.05, 3.63) is 10.9 Å². The molecular weight excluding hydrogens is 665 g/mol. The van der Waals surface area contributed by atoms with Crippen LogP contribution in [0.1, 0.15) is 138 Å². The number of nitrogens with zero attached hydrogens (tertiary/aromatic N) is 7. The number of guanidine groups is 1. The Morgan fingerprint density at radius 2 is 1.31 bits per heavy atom. The topological polar surface area (TPSA) is 175 Å². The molecule has 0 aliphatic carbocycles. The maximum atomic E-state index is 12.9. The van der Waals surface area contributed by atoms with Crippen molar-refractivity contribution < 1.29 is 16.8 Å². The molecule has 2 aliphatic rings. The molecule has 276 valence electrons. The highest BCUT2D eigenvalue weighted by molar-refractivity contribution is 7.92. The zero-order valence-electron chi connectivity index (χ0n) is 30.7. The summed E-state index contributed by atoms with van der Waals surface area (Å²) in [6.07, 6.45) is 13.2. The van der Waals surface area contributed by atoms with Crippen molar-refractivity contribution in [3.8, 4) is 0 Å². The molecule has 0 bridgehead atoms. The molecule has 49 heavy (non-hydrogen) atoms. The van der Waals surface area contributed by atoms with E-state index in [4.69, 9.17) is 15.2 Å². The van der Waals surface area contributed by atoms with Crippen molar-refractivity contribution in [1.29, 1.82) is 0 Å². The molecular formula is C33H58N10O4S2. The Labute approximate surface area is 293 Å². The lowest BCUT2D eigenvalue weighted by atomic mass is 9.80. The van der Waals surface area contributed by atoms with Crippen molar-refractivity contribution in [2.24, 2.45) is 21.4 Å². The minimum atomic E-state index is -3.63. The van der Waals surface area contributed by atoms with Crippen LogP contribution in [0.5, 0.6) is 0 Å². The first-order valence-electron chi connectivity index (χ1n) is 18.0. The molecule has 2 unspecified atom stereocenters. The van der Waals surface area contributed by atoms with Gasteiger partial charge >= 0.3 is 0 Å². The van der Waals surface area contributed by atoms with E-state index in [1.807, 2.05) is 26.8 Å². The van der Waals surface area contributed by atoms with Gasteiger partial charge in [0.15, 0.2) is 11.8 Å². The first-order chi connectivity index (χ1) is 22.9. The van der Waals surface area contributed by atoms with Gasteiger partial charge in [0.1, 0.15) is 0 Å². The van der Waals surface area contributed by atoms with Gasteiger partial charge in [0, 0.05) is 16.0 Å². The van der Waals surface area contributed by atoms with Gasteiger partial charge in [0.25, 0.3) is 5.95 Å². The van der Waals surface area contributed by atoms with Crippen molar-refractivity contribution in [2.75, 3.05) is 16.2 Å². The van der Waals surface area contributed by atoms with Crippen LogP contribution < -0.4 is 20.1 Å². The summed E-state index contributed by atoms with van der Waals surface area (Å²) < 4.78 is 58.1. The maximum absolute atomic E-state index is 12.9. The molecule has 2 aromatic rings. The van der Waals surface area contributed by atoms with E-state index in [1.165, 1.54) is 4.63 Å². The van der Waals surface area contributed by atoms with E-state index >= 15 is 0 Å². The number of hydrazine groups is 1. The van der Waals surface area contributed by atoms with Gasteiger partial charge in [0.2, 0.25) is 26.0 Å². The number of aromatic nitrogens is 4. The van der Waals surface area contributed by atoms with Crippen LogP contribution in [-0.4, -0.2) is 71.1 Å². The van der Waals surface area contributed by atoms with Crippen molar-refractivity contribution in [3.63, 3.8) is 0 Å². The van der Waals surface area contributed by atoms with Crippen LogP contribution in [-0.2, 0) is 25.5 Å². The number of hydrazone groups is 1. The average molecular weight is 723 g/mol. The Hall–Kier alpha value is -3.01. The van der Waals surface area contributed by atoms with Gasteiger partial charge in [-0.1, -0.05) is 126 Å². The second-order valence-electron chi connectivity index (χ2n) is 15.4. The lowest BCUT2D eigenvalue weighted by Gasteiger charge is -2.23. The smallest absolute Gasteiger partial charge is 0.252 e. The Bertz CT molecular complexity index is 1760. The zero-order chi connectivity index (χ0) is 36.0. The molecule has 3 N–H and O–H groups in total. The average Bonchev–Trinajstić information content (AvgIpc) is 3.72. The minimum absolute atomic E-state index is 0.00323. The standard InChI is InChI=1S/C33H58N10O4S2/c1-9-11-13-15-17-19-21-48(44,45)40-30-34-28-24(26(32(3,4)5)36-42(28)38-30)23-25-27(33(6,7)8)37-43-29(25)35-31(39-43)41-49(46,47)22-20-18-16-14-12-10-2/h23-24,28H,9-22H2,1-8H3,(H,39,41)(H2,34,38,40)/b25-23-. The predicted molar refractivity (Wildman–Crippen MR) is 197 cm³/mol. The molecule has 2 atom stereocenters. The first kappa shape index (κ1) is 38.8. The lowest BCUT2D eigenvalue weighted by Crippen LogP contribution is -2.44. The summed E-state index contributed by atoms with van der Waals surface area (Å²) in [5.74, 6) is -0.225. The lowest BCUT2D eigenvalue weighted by molar-refractivity contribution is 0.212. The SMILES string of the molecule is CCCCCCCCS(=O)(=O)NC1=NC2C(/C=c3/c(C(C)(C)C)nn4nc(NS(=O)(=O)CCCCCCCC)nc34)C(C(C)(C)C)=NN2N1. The fourth-order valence-electron chi connectivity index (χ4n) is 6.16. The summed E-state index contributed by atoms with van der Waals surface area (Å²) in [7, 11) is -7.23. The molecule has 4 heterocycles. The fraction of sp³-hybridized carbons (Fsp3) is 0.788. The van der Waals surface area contributed by atoms with Gasteiger partial charge in [-0.05, 0) is 12.8 Å². The molecule has 0 spiro atoms. The molecule has 0 radical (unpaired) electrons. The number of unbranched alkanes of at least 4 members (excludes halogenated alkanes) is 10. The third-order valence-corrected chi connectivity index (χ3v) is 11.4. The van der Waals surface area contributed by atoms with Gasteiger partial charge in [-0.25, -0.2) is 32.0 Å². The summed E-state index contributed by atoms with van der Waals surface area (Å²) in [6, 6.07) is 0. The van der Waals surface area contributed by atoms with Gasteiger partial charge in [-0.15, -0.1) is 9.73 Å². The Morgan fingerprint density at radius 1 is 0.755 bits per heavy atom. The van der Waals surface area contributed by atoms with E-state index in [1.54, 1.807) is 5.12 Å². The number of sulfonamides is 2. The monoisotopic (exact) mass is 722 g/mol. The highest BCUT2D eigenvalue weighted by Crippen LogP contribution is 2.35. The van der Waals surface area contributed by atoms with Gasteiger partial charge < -0.3 is 0 Å². The summed E-state index contributed by atoms with van der Waals surface area (Å²) in [4.78, 5) is 9.35. The number of hydrogen-bond acceptors (Lipinski definition) is 11. The van der Waals surface area contributed by atoms with Crippen LogP contribution in [0, 0.1) is 11.3 Å². The maximum Gasteiger partial charge on any atom is 0.258 e. The fourth-order valence-corrected chi connectivity index (χ4v) is 8.29. The van der Waals surface area contributed by atoms with E-state index in [0.29, 0.717) is 23.7 Å². The Kier molecular flexibility index (Phi) is 12.6. The number of anilines is 1. The molecule has 0 amide bonds. The molecule has 16 heteroatoms. The summed E-state index contributed by atoms with van der Waals surface area (Å²) in [5.41, 5.74) is 4.32. The minimum Gasteiger partial charge on any atom is -0.252 e. The quantitative estimate of drug-likeness (QED) is 0.182. The van der Waals surface area contributed by atoms with Crippen LogP contribution >= 0.6 is 0 Å². The van der Waals surface area contributed by atoms with Crippen LogP contribution in [0.3, 0.4) is 0 Å². The van der Waals surface area contributed by atoms with Crippen LogP contribution in [0.25, 0.3) is 11.7 Å². The van der Waals surface area contributed by atoms with Gasteiger partial charge in [-0.3, -0.25) is 4.72 Å². The molecule has 4 rings (SSSR count). The van der Waals surface area contributed by atoms with Crippen molar-refractivity contribution >= 4 is 49.4 Å². The van der Waals surface area contributed by atoms with E-state index < -0.39 is 31.6 Å². The van der Waals surface area contributed by atoms with E-state index in [9.17, 15) is 16.8 Å². The third kappa shape index (κ3) is 10.5. The second-order valence-corrected chi connectivity index (χ2v) is 19.1. The second kappa shape index (κ2) is 15.9. The largest absolute Gasteiger partial charge is 0.258 e.